The Hall–Kier alpha value is -0.610. The maximum atomic E-state index is 13.1. The van der Waals surface area contributed by atoms with E-state index in [1.807, 2.05) is 6.92 Å². The van der Waals surface area contributed by atoms with Gasteiger partial charge in [0.05, 0.1) is 11.5 Å². The number of carbonyl (C=O) groups is 1. The molecular formula is C16H28N2O2. The highest BCUT2D eigenvalue weighted by atomic mass is 16.3. The first-order valence-corrected chi connectivity index (χ1v) is 8.31. The molecule has 3 rings (SSSR count). The van der Waals surface area contributed by atoms with Crippen LogP contribution in [0, 0.1) is 17.3 Å². The lowest BCUT2D eigenvalue weighted by Crippen LogP contribution is -2.52. The molecule has 2 aliphatic heterocycles. The second-order valence-corrected chi connectivity index (χ2v) is 7.10. The Morgan fingerprint density at radius 2 is 2.05 bits per heavy atom. The number of rotatable bonds is 2. The van der Waals surface area contributed by atoms with E-state index in [4.69, 9.17) is 0 Å². The van der Waals surface area contributed by atoms with E-state index in [1.54, 1.807) is 0 Å². The summed E-state index contributed by atoms with van der Waals surface area (Å²) in [5, 5.41) is 13.2. The summed E-state index contributed by atoms with van der Waals surface area (Å²) in [6.07, 6.45) is 6.44. The first-order valence-electron chi connectivity index (χ1n) is 8.31. The van der Waals surface area contributed by atoms with Crippen molar-refractivity contribution in [1.82, 2.24) is 10.2 Å². The van der Waals surface area contributed by atoms with Gasteiger partial charge in [-0.25, -0.2) is 0 Å². The van der Waals surface area contributed by atoms with Gasteiger partial charge in [0, 0.05) is 19.6 Å². The van der Waals surface area contributed by atoms with Crippen LogP contribution in [0.2, 0.25) is 0 Å². The molecule has 0 aromatic carbocycles. The molecule has 2 saturated heterocycles. The third-order valence-corrected chi connectivity index (χ3v) is 5.97. The fourth-order valence-corrected chi connectivity index (χ4v) is 4.57. The van der Waals surface area contributed by atoms with Gasteiger partial charge in [-0.3, -0.25) is 4.79 Å². The summed E-state index contributed by atoms with van der Waals surface area (Å²) >= 11 is 0. The second kappa shape index (κ2) is 5.64. The number of nitrogens with one attached hydrogen (secondary N) is 1. The average molecular weight is 280 g/mol. The van der Waals surface area contributed by atoms with E-state index in [-0.39, 0.29) is 11.5 Å². The second-order valence-electron chi connectivity index (χ2n) is 7.10. The summed E-state index contributed by atoms with van der Waals surface area (Å²) in [5.41, 5.74) is -0.101. The van der Waals surface area contributed by atoms with Crippen molar-refractivity contribution in [3.8, 4) is 0 Å². The zero-order valence-corrected chi connectivity index (χ0v) is 12.6. The predicted octanol–water partition coefficient (Wildman–Crippen LogP) is 1.39. The number of nitrogens with zero attached hydrogens (tertiary/aromatic N) is 1. The summed E-state index contributed by atoms with van der Waals surface area (Å²) < 4.78 is 0. The van der Waals surface area contributed by atoms with Crippen molar-refractivity contribution in [2.45, 2.75) is 51.6 Å². The highest BCUT2D eigenvalue weighted by Gasteiger charge is 2.51. The molecule has 1 saturated carbocycles. The summed E-state index contributed by atoms with van der Waals surface area (Å²) in [6, 6.07) is 0. The number of hydrogen-bond donors (Lipinski definition) is 2. The lowest BCUT2D eigenvalue weighted by atomic mass is 9.67. The standard InChI is InChI=1S/C16H28N2O2/c1-12(19)13-5-8-18(9-6-13)15(20)16-7-3-2-4-14(16)10-17-11-16/h12-14,17,19H,2-11H2,1H3/t12?,14-,16+/m0/s1. The van der Waals surface area contributed by atoms with Gasteiger partial charge in [-0.15, -0.1) is 0 Å². The third-order valence-electron chi connectivity index (χ3n) is 5.97. The van der Waals surface area contributed by atoms with E-state index < -0.39 is 0 Å². The molecule has 20 heavy (non-hydrogen) atoms. The number of carbonyl (C=O) groups excluding carboxylic acids is 1. The number of fused-ring (bicyclic) bond motifs is 1. The van der Waals surface area contributed by atoms with Crippen LogP contribution in [0.1, 0.15) is 45.4 Å². The van der Waals surface area contributed by atoms with Crippen LogP contribution in [-0.2, 0) is 4.79 Å². The predicted molar refractivity (Wildman–Crippen MR) is 78.2 cm³/mol. The number of likely N-dealkylation sites (tertiary alicyclic amines) is 1. The largest absolute Gasteiger partial charge is 0.393 e. The SMILES string of the molecule is CC(O)C1CCN(C(=O)[C@@]23CCCC[C@H]2CNC3)CC1. The van der Waals surface area contributed by atoms with Crippen molar-refractivity contribution in [3.05, 3.63) is 0 Å². The molecule has 0 aromatic heterocycles. The Morgan fingerprint density at radius 3 is 2.75 bits per heavy atom. The van der Waals surface area contributed by atoms with Gasteiger partial charge in [0.1, 0.15) is 0 Å². The normalized spacial score (nSPS) is 36.7. The smallest absolute Gasteiger partial charge is 0.230 e. The first kappa shape index (κ1) is 14.3. The van der Waals surface area contributed by atoms with E-state index in [9.17, 15) is 9.90 Å². The van der Waals surface area contributed by atoms with Crippen LogP contribution >= 0.6 is 0 Å². The molecule has 1 unspecified atom stereocenters. The lowest BCUT2D eigenvalue weighted by Gasteiger charge is -2.43. The topological polar surface area (TPSA) is 52.6 Å². The summed E-state index contributed by atoms with van der Waals surface area (Å²) in [7, 11) is 0. The van der Waals surface area contributed by atoms with Crippen LogP contribution in [0.5, 0.6) is 0 Å². The highest BCUT2D eigenvalue weighted by molar-refractivity contribution is 5.84. The molecule has 3 atom stereocenters. The Kier molecular flexibility index (Phi) is 4.04. The average Bonchev–Trinajstić information content (AvgIpc) is 2.91. The van der Waals surface area contributed by atoms with Crippen LogP contribution in [0.3, 0.4) is 0 Å². The molecule has 4 nitrogen and oxygen atoms in total. The van der Waals surface area contributed by atoms with Gasteiger partial charge >= 0.3 is 0 Å². The molecule has 1 amide bonds. The first-order chi connectivity index (χ1) is 9.63. The minimum atomic E-state index is -0.235. The van der Waals surface area contributed by atoms with E-state index in [0.717, 1.165) is 45.4 Å². The van der Waals surface area contributed by atoms with E-state index >= 15 is 0 Å². The molecule has 0 spiro atoms. The molecule has 0 aromatic rings. The Labute approximate surface area is 121 Å². The number of aliphatic hydroxyl groups excluding tert-OH is 1. The van der Waals surface area contributed by atoms with Crippen LogP contribution in [0.4, 0.5) is 0 Å². The van der Waals surface area contributed by atoms with Crippen molar-refractivity contribution >= 4 is 5.91 Å². The zero-order valence-electron chi connectivity index (χ0n) is 12.6. The maximum absolute atomic E-state index is 13.1. The fourth-order valence-electron chi connectivity index (χ4n) is 4.57. The Balaban J connectivity index is 1.67. The Morgan fingerprint density at radius 1 is 1.30 bits per heavy atom. The molecule has 3 fully saturated rings. The van der Waals surface area contributed by atoms with Crippen LogP contribution in [0.25, 0.3) is 0 Å². The fraction of sp³-hybridized carbons (Fsp3) is 0.938. The van der Waals surface area contributed by atoms with Crippen LogP contribution in [0.15, 0.2) is 0 Å². The Bertz CT molecular complexity index is 363. The zero-order chi connectivity index (χ0) is 14.2. The van der Waals surface area contributed by atoms with Gasteiger partial charge in [-0.2, -0.15) is 0 Å². The van der Waals surface area contributed by atoms with Gasteiger partial charge in [-0.05, 0) is 51.0 Å². The monoisotopic (exact) mass is 280 g/mol. The minimum absolute atomic E-state index is 0.101. The summed E-state index contributed by atoms with van der Waals surface area (Å²) in [6.45, 7) is 5.45. The number of aliphatic hydroxyl groups is 1. The highest BCUT2D eigenvalue weighted by Crippen LogP contribution is 2.45. The number of hydrogen-bond acceptors (Lipinski definition) is 3. The number of piperidine rings is 1. The van der Waals surface area contributed by atoms with E-state index in [2.05, 4.69) is 10.2 Å². The molecule has 1 aliphatic carbocycles. The van der Waals surface area contributed by atoms with Crippen molar-refractivity contribution in [3.63, 3.8) is 0 Å². The summed E-state index contributed by atoms with van der Waals surface area (Å²) in [5.74, 6) is 1.33. The quantitative estimate of drug-likeness (QED) is 0.803. The molecule has 0 radical (unpaired) electrons. The maximum Gasteiger partial charge on any atom is 0.230 e. The molecule has 114 valence electrons. The molecule has 4 heteroatoms. The van der Waals surface area contributed by atoms with Gasteiger partial charge < -0.3 is 15.3 Å². The van der Waals surface area contributed by atoms with Gasteiger partial charge in [0.25, 0.3) is 0 Å². The van der Waals surface area contributed by atoms with Gasteiger partial charge in [0.15, 0.2) is 0 Å². The molecule has 0 bridgehead atoms. The van der Waals surface area contributed by atoms with Crippen molar-refractivity contribution < 1.29 is 9.90 Å². The van der Waals surface area contributed by atoms with E-state index in [1.165, 1.54) is 19.3 Å². The van der Waals surface area contributed by atoms with Crippen LogP contribution in [-0.4, -0.2) is 48.2 Å². The molecule has 3 aliphatic rings. The molecule has 2 heterocycles. The van der Waals surface area contributed by atoms with Gasteiger partial charge in [-0.1, -0.05) is 12.8 Å². The van der Waals surface area contributed by atoms with Crippen molar-refractivity contribution in [2.24, 2.45) is 17.3 Å². The lowest BCUT2D eigenvalue weighted by molar-refractivity contribution is -0.147. The minimum Gasteiger partial charge on any atom is -0.393 e. The van der Waals surface area contributed by atoms with Gasteiger partial charge in [0.2, 0.25) is 5.91 Å². The summed E-state index contributed by atoms with van der Waals surface area (Å²) in [4.78, 5) is 15.1. The van der Waals surface area contributed by atoms with E-state index in [0.29, 0.717) is 17.7 Å². The van der Waals surface area contributed by atoms with Crippen molar-refractivity contribution in [2.75, 3.05) is 26.2 Å². The molecule has 2 N–H and O–H groups in total. The van der Waals surface area contributed by atoms with Crippen molar-refractivity contribution in [1.29, 1.82) is 0 Å². The number of amides is 1. The molecular weight excluding hydrogens is 252 g/mol. The third kappa shape index (κ3) is 2.37. The van der Waals surface area contributed by atoms with Crippen LogP contribution < -0.4 is 5.32 Å².